The number of aliphatic hydroxyl groups is 1. The molecule has 4 heteroatoms. The highest BCUT2D eigenvalue weighted by Crippen LogP contribution is 2.25. The number of furan rings is 1. The van der Waals surface area contributed by atoms with Crippen LogP contribution in [0.1, 0.15) is 31.2 Å². The van der Waals surface area contributed by atoms with Crippen LogP contribution in [-0.4, -0.2) is 11.7 Å². The zero-order valence-corrected chi connectivity index (χ0v) is 12.6. The molecule has 2 atom stereocenters. The smallest absolute Gasteiger partial charge is 0.134 e. The first-order valence-corrected chi connectivity index (χ1v) is 7.04. The van der Waals surface area contributed by atoms with Crippen LogP contribution in [-0.2, 0) is 5.60 Å². The van der Waals surface area contributed by atoms with Crippen molar-refractivity contribution in [2.75, 3.05) is 6.54 Å². The third-order valence-corrected chi connectivity index (χ3v) is 3.84. The van der Waals surface area contributed by atoms with E-state index in [0.717, 1.165) is 15.8 Å². The van der Waals surface area contributed by atoms with E-state index >= 15 is 0 Å². The molecule has 2 N–H and O–H groups in total. The van der Waals surface area contributed by atoms with Gasteiger partial charge in [-0.15, -0.1) is 0 Å². The van der Waals surface area contributed by atoms with Crippen LogP contribution in [0.5, 0.6) is 0 Å². The van der Waals surface area contributed by atoms with Gasteiger partial charge < -0.3 is 14.8 Å². The zero-order valence-electron chi connectivity index (χ0n) is 11.1. The summed E-state index contributed by atoms with van der Waals surface area (Å²) in [7, 11) is 0. The number of nitrogens with one attached hydrogen (secondary N) is 1. The lowest BCUT2D eigenvalue weighted by atomic mass is 9.96. The highest BCUT2D eigenvalue weighted by atomic mass is 79.9. The van der Waals surface area contributed by atoms with Gasteiger partial charge in [-0.3, -0.25) is 0 Å². The van der Waals surface area contributed by atoms with E-state index in [4.69, 9.17) is 4.42 Å². The van der Waals surface area contributed by atoms with E-state index in [9.17, 15) is 5.11 Å². The molecule has 0 aliphatic heterocycles. The second kappa shape index (κ2) is 5.90. The van der Waals surface area contributed by atoms with Crippen molar-refractivity contribution in [3.05, 3.63) is 58.5 Å². The molecule has 19 heavy (non-hydrogen) atoms. The molecule has 1 heterocycles. The van der Waals surface area contributed by atoms with Gasteiger partial charge in [0.15, 0.2) is 0 Å². The summed E-state index contributed by atoms with van der Waals surface area (Å²) in [6, 6.07) is 11.5. The van der Waals surface area contributed by atoms with Gasteiger partial charge in [0.05, 0.1) is 22.4 Å². The highest BCUT2D eigenvalue weighted by Gasteiger charge is 2.24. The number of hydrogen-bond donors (Lipinski definition) is 2. The predicted octanol–water partition coefficient (Wildman–Crippen LogP) is 3.60. The van der Waals surface area contributed by atoms with Gasteiger partial charge in [0.25, 0.3) is 0 Å². The third-order valence-electron chi connectivity index (χ3n) is 3.19. The van der Waals surface area contributed by atoms with Gasteiger partial charge in [0.1, 0.15) is 5.76 Å². The topological polar surface area (TPSA) is 45.4 Å². The van der Waals surface area contributed by atoms with Crippen molar-refractivity contribution in [3.8, 4) is 0 Å². The second-order valence-electron chi connectivity index (χ2n) is 4.88. The molecule has 102 valence electrons. The lowest BCUT2D eigenvalue weighted by Crippen LogP contribution is -2.36. The number of hydrogen-bond acceptors (Lipinski definition) is 3. The van der Waals surface area contributed by atoms with Crippen LogP contribution in [0.4, 0.5) is 0 Å². The van der Waals surface area contributed by atoms with E-state index < -0.39 is 5.60 Å². The maximum absolute atomic E-state index is 10.5. The first-order valence-electron chi connectivity index (χ1n) is 6.25. The molecule has 0 aliphatic rings. The van der Waals surface area contributed by atoms with Crippen LogP contribution in [0.25, 0.3) is 0 Å². The fraction of sp³-hybridized carbons (Fsp3) is 0.333. The second-order valence-corrected chi connectivity index (χ2v) is 5.73. The summed E-state index contributed by atoms with van der Waals surface area (Å²) >= 11 is 3.44. The Morgan fingerprint density at radius 1 is 1.32 bits per heavy atom. The summed E-state index contributed by atoms with van der Waals surface area (Å²) in [6.45, 7) is 4.26. The molecule has 1 aromatic heterocycles. The van der Waals surface area contributed by atoms with E-state index in [1.807, 2.05) is 43.3 Å². The quantitative estimate of drug-likeness (QED) is 0.883. The summed E-state index contributed by atoms with van der Waals surface area (Å²) in [6.07, 6.45) is 1.65. The highest BCUT2D eigenvalue weighted by molar-refractivity contribution is 9.10. The number of rotatable bonds is 5. The normalized spacial score (nSPS) is 16.0. The van der Waals surface area contributed by atoms with Crippen molar-refractivity contribution in [2.45, 2.75) is 25.5 Å². The fourth-order valence-electron chi connectivity index (χ4n) is 1.96. The fourth-order valence-corrected chi connectivity index (χ4v) is 2.50. The van der Waals surface area contributed by atoms with Crippen LogP contribution in [0.2, 0.25) is 0 Å². The van der Waals surface area contributed by atoms with Gasteiger partial charge in [0, 0.05) is 6.54 Å². The Morgan fingerprint density at radius 3 is 2.58 bits per heavy atom. The Hall–Kier alpha value is -1.10. The Kier molecular flexibility index (Phi) is 4.45. The molecule has 0 amide bonds. The molecule has 0 radical (unpaired) electrons. The molecule has 0 bridgehead atoms. The Balaban J connectivity index is 2.00. The molecular formula is C15H18BrNO2. The lowest BCUT2D eigenvalue weighted by Gasteiger charge is -2.26. The van der Waals surface area contributed by atoms with Crippen molar-refractivity contribution in [1.82, 2.24) is 5.32 Å². The van der Waals surface area contributed by atoms with Crippen molar-refractivity contribution in [3.63, 3.8) is 0 Å². The first kappa shape index (κ1) is 14.3. The average Bonchev–Trinajstić information content (AvgIpc) is 2.83. The predicted molar refractivity (Wildman–Crippen MR) is 78.8 cm³/mol. The van der Waals surface area contributed by atoms with Gasteiger partial charge in [-0.1, -0.05) is 30.3 Å². The van der Waals surface area contributed by atoms with Crippen LogP contribution in [0, 0.1) is 0 Å². The molecule has 0 saturated carbocycles. The SMILES string of the molecule is CC(NCC(C)(O)c1ccccc1)c1occc1Br. The van der Waals surface area contributed by atoms with Gasteiger partial charge in [-0.25, -0.2) is 0 Å². The van der Waals surface area contributed by atoms with Gasteiger partial charge in [-0.05, 0) is 41.4 Å². The van der Waals surface area contributed by atoms with Crippen molar-refractivity contribution in [2.24, 2.45) is 0 Å². The Bertz CT molecular complexity index is 522. The Morgan fingerprint density at radius 2 is 2.00 bits per heavy atom. The maximum atomic E-state index is 10.5. The molecule has 1 aromatic carbocycles. The van der Waals surface area contributed by atoms with E-state index in [2.05, 4.69) is 21.2 Å². The summed E-state index contributed by atoms with van der Waals surface area (Å²) in [5, 5.41) is 13.8. The molecule has 2 rings (SSSR count). The third kappa shape index (κ3) is 3.47. The first-order chi connectivity index (χ1) is 9.00. The van der Waals surface area contributed by atoms with E-state index in [-0.39, 0.29) is 6.04 Å². The van der Waals surface area contributed by atoms with E-state index in [0.29, 0.717) is 6.54 Å². The maximum Gasteiger partial charge on any atom is 0.134 e. The van der Waals surface area contributed by atoms with Gasteiger partial charge in [-0.2, -0.15) is 0 Å². The minimum atomic E-state index is -0.908. The van der Waals surface area contributed by atoms with Crippen LogP contribution in [0.3, 0.4) is 0 Å². The molecule has 0 aliphatic carbocycles. The minimum absolute atomic E-state index is 0.0274. The lowest BCUT2D eigenvalue weighted by molar-refractivity contribution is 0.0536. The summed E-state index contributed by atoms with van der Waals surface area (Å²) in [5.74, 6) is 0.837. The largest absolute Gasteiger partial charge is 0.466 e. The van der Waals surface area contributed by atoms with Crippen LogP contribution < -0.4 is 5.32 Å². The van der Waals surface area contributed by atoms with Crippen molar-refractivity contribution < 1.29 is 9.52 Å². The zero-order chi connectivity index (χ0) is 13.9. The molecule has 0 fully saturated rings. The monoisotopic (exact) mass is 323 g/mol. The van der Waals surface area contributed by atoms with Crippen molar-refractivity contribution >= 4 is 15.9 Å². The Labute approximate surface area is 121 Å². The van der Waals surface area contributed by atoms with E-state index in [1.165, 1.54) is 0 Å². The van der Waals surface area contributed by atoms with Gasteiger partial charge >= 0.3 is 0 Å². The standard InChI is InChI=1S/C15H18BrNO2/c1-11(14-13(16)8-9-19-14)17-10-15(2,18)12-6-4-3-5-7-12/h3-9,11,17-18H,10H2,1-2H3. The van der Waals surface area contributed by atoms with E-state index in [1.54, 1.807) is 13.2 Å². The molecular weight excluding hydrogens is 306 g/mol. The molecule has 2 aromatic rings. The molecule has 0 saturated heterocycles. The number of halogens is 1. The summed E-state index contributed by atoms with van der Waals surface area (Å²) in [4.78, 5) is 0. The summed E-state index contributed by atoms with van der Waals surface area (Å²) < 4.78 is 6.34. The molecule has 0 spiro atoms. The van der Waals surface area contributed by atoms with Crippen LogP contribution >= 0.6 is 15.9 Å². The molecule has 2 unspecified atom stereocenters. The van der Waals surface area contributed by atoms with Crippen molar-refractivity contribution in [1.29, 1.82) is 0 Å². The molecule has 3 nitrogen and oxygen atoms in total. The van der Waals surface area contributed by atoms with Gasteiger partial charge in [0.2, 0.25) is 0 Å². The van der Waals surface area contributed by atoms with Crippen LogP contribution in [0.15, 0.2) is 51.6 Å². The summed E-state index contributed by atoms with van der Waals surface area (Å²) in [5.41, 5.74) is -0.0117. The average molecular weight is 324 g/mol. The number of benzene rings is 1. The minimum Gasteiger partial charge on any atom is -0.466 e.